The van der Waals surface area contributed by atoms with Crippen molar-refractivity contribution < 1.29 is 27.7 Å². The quantitative estimate of drug-likeness (QED) is 0.232. The van der Waals surface area contributed by atoms with E-state index in [0.29, 0.717) is 0 Å². The van der Waals surface area contributed by atoms with Crippen molar-refractivity contribution in [2.45, 2.75) is 17.7 Å². The van der Waals surface area contributed by atoms with Crippen LogP contribution < -0.4 is 10.0 Å². The molecule has 2 N–H and O–H groups in total. The van der Waals surface area contributed by atoms with E-state index < -0.39 is 43.3 Å². The zero-order chi connectivity index (χ0) is 20.7. The Hall–Kier alpha value is -3.12. The van der Waals surface area contributed by atoms with Crippen LogP contribution >= 0.6 is 0 Å². The minimum Gasteiger partial charge on any atom is -0.356 e. The summed E-state index contributed by atoms with van der Waals surface area (Å²) in [6, 6.07) is 4.98. The number of nitrogens with zero attached hydrogens (tertiary/aromatic N) is 2. The highest BCUT2D eigenvalue weighted by Gasteiger charge is 2.25. The van der Waals surface area contributed by atoms with Gasteiger partial charge in [0.25, 0.3) is 17.5 Å². The van der Waals surface area contributed by atoms with Crippen molar-refractivity contribution in [1.29, 1.82) is 0 Å². The van der Waals surface area contributed by atoms with Gasteiger partial charge in [0.15, 0.2) is 4.90 Å². The van der Waals surface area contributed by atoms with E-state index in [1.54, 1.807) is 0 Å². The minimum absolute atomic E-state index is 0.0400. The minimum atomic E-state index is -4.06. The second-order valence-corrected chi connectivity index (χ2v) is 7.47. The standard InChI is InChI=1S/C16H18N4O7S/c21-14(8-11-19-15(22)6-7-16(19)23)17-9-3-10-18-28(26,27)13-5-2-1-4-12(13)20(24)25/h1-2,4-7,18H,3,8-11H2,(H,17,21). The van der Waals surface area contributed by atoms with Gasteiger partial charge in [0.05, 0.1) is 4.92 Å². The van der Waals surface area contributed by atoms with Crippen LogP contribution in [-0.2, 0) is 24.4 Å². The van der Waals surface area contributed by atoms with Crippen LogP contribution in [-0.4, -0.2) is 55.6 Å². The van der Waals surface area contributed by atoms with Gasteiger partial charge in [-0.2, -0.15) is 0 Å². The summed E-state index contributed by atoms with van der Waals surface area (Å²) in [5.41, 5.74) is -0.524. The maximum atomic E-state index is 12.2. The number of carbonyl (C=O) groups is 3. The lowest BCUT2D eigenvalue weighted by molar-refractivity contribution is -0.387. The number of nitrogens with one attached hydrogen (secondary N) is 2. The summed E-state index contributed by atoms with van der Waals surface area (Å²) in [5.74, 6) is -1.33. The van der Waals surface area contributed by atoms with Crippen molar-refractivity contribution in [3.8, 4) is 0 Å². The van der Waals surface area contributed by atoms with Crippen molar-refractivity contribution in [3.05, 3.63) is 46.5 Å². The van der Waals surface area contributed by atoms with Gasteiger partial charge in [-0.3, -0.25) is 29.4 Å². The summed E-state index contributed by atoms with van der Waals surface area (Å²) in [5, 5.41) is 13.5. The largest absolute Gasteiger partial charge is 0.356 e. The molecule has 0 unspecified atom stereocenters. The van der Waals surface area contributed by atoms with Crippen LogP contribution in [0.25, 0.3) is 0 Å². The third-order valence-corrected chi connectivity index (χ3v) is 5.29. The maximum absolute atomic E-state index is 12.2. The molecule has 0 aliphatic carbocycles. The van der Waals surface area contributed by atoms with Gasteiger partial charge in [-0.05, 0) is 12.5 Å². The van der Waals surface area contributed by atoms with Crippen molar-refractivity contribution in [3.63, 3.8) is 0 Å². The smallest absolute Gasteiger partial charge is 0.289 e. The Morgan fingerprint density at radius 3 is 2.39 bits per heavy atom. The lowest BCUT2D eigenvalue weighted by Crippen LogP contribution is -2.35. The Bertz CT molecular complexity index is 909. The number of amides is 3. The summed E-state index contributed by atoms with van der Waals surface area (Å²) in [7, 11) is -4.06. The third kappa shape index (κ3) is 5.44. The SMILES string of the molecule is O=C(CCN1C(=O)C=CC1=O)NCCCNS(=O)(=O)c1ccccc1[N+](=O)[O-]. The average Bonchev–Trinajstić information content (AvgIpc) is 2.97. The second kappa shape index (κ2) is 9.19. The summed E-state index contributed by atoms with van der Waals surface area (Å²) < 4.78 is 26.6. The molecule has 0 bridgehead atoms. The first-order valence-corrected chi connectivity index (χ1v) is 9.74. The van der Waals surface area contributed by atoms with Gasteiger partial charge in [-0.25, -0.2) is 13.1 Å². The van der Waals surface area contributed by atoms with E-state index in [1.165, 1.54) is 12.1 Å². The summed E-state index contributed by atoms with van der Waals surface area (Å²) >= 11 is 0. The van der Waals surface area contributed by atoms with Crippen LogP contribution in [0.4, 0.5) is 5.69 Å². The lowest BCUT2D eigenvalue weighted by atomic mass is 10.3. The van der Waals surface area contributed by atoms with E-state index in [2.05, 4.69) is 10.0 Å². The highest BCUT2D eigenvalue weighted by atomic mass is 32.2. The van der Waals surface area contributed by atoms with Gasteiger partial charge in [-0.15, -0.1) is 0 Å². The number of benzene rings is 1. The molecule has 0 saturated carbocycles. The second-order valence-electron chi connectivity index (χ2n) is 5.74. The molecule has 12 heteroatoms. The van der Waals surface area contributed by atoms with Crippen LogP contribution in [0, 0.1) is 10.1 Å². The van der Waals surface area contributed by atoms with Crippen LogP contribution in [0.3, 0.4) is 0 Å². The molecule has 2 rings (SSSR count). The molecular formula is C16H18N4O7S. The lowest BCUT2D eigenvalue weighted by Gasteiger charge is -2.13. The van der Waals surface area contributed by atoms with Gasteiger partial charge in [0.1, 0.15) is 0 Å². The molecule has 1 aromatic rings. The average molecular weight is 410 g/mol. The first kappa shape index (κ1) is 21.2. The first-order valence-electron chi connectivity index (χ1n) is 8.25. The maximum Gasteiger partial charge on any atom is 0.289 e. The summed E-state index contributed by atoms with van der Waals surface area (Å²) in [6.45, 7) is 0.0703. The zero-order valence-corrected chi connectivity index (χ0v) is 15.5. The van der Waals surface area contributed by atoms with E-state index in [9.17, 15) is 32.9 Å². The molecule has 0 radical (unpaired) electrons. The fourth-order valence-electron chi connectivity index (χ4n) is 2.39. The van der Waals surface area contributed by atoms with Crippen molar-refractivity contribution in [1.82, 2.24) is 14.9 Å². The highest BCUT2D eigenvalue weighted by Crippen LogP contribution is 2.22. The number of hydrogen-bond donors (Lipinski definition) is 2. The monoisotopic (exact) mass is 410 g/mol. The van der Waals surface area contributed by atoms with E-state index >= 15 is 0 Å². The molecule has 0 aromatic heterocycles. The number of sulfonamides is 1. The Labute approximate surface area is 160 Å². The van der Waals surface area contributed by atoms with Gasteiger partial charge >= 0.3 is 0 Å². The number of imide groups is 1. The zero-order valence-electron chi connectivity index (χ0n) is 14.7. The van der Waals surface area contributed by atoms with Gasteiger partial charge in [0.2, 0.25) is 15.9 Å². The van der Waals surface area contributed by atoms with Gasteiger partial charge in [0, 0.05) is 44.3 Å². The molecule has 1 aliphatic heterocycles. The molecule has 0 fully saturated rings. The molecule has 0 saturated heterocycles. The highest BCUT2D eigenvalue weighted by molar-refractivity contribution is 7.89. The molecule has 11 nitrogen and oxygen atoms in total. The molecule has 1 aliphatic rings. The number of nitro benzene ring substituents is 1. The molecule has 150 valence electrons. The van der Waals surface area contributed by atoms with Crippen molar-refractivity contribution in [2.75, 3.05) is 19.6 Å². The molecule has 1 aromatic carbocycles. The van der Waals surface area contributed by atoms with Gasteiger partial charge in [-0.1, -0.05) is 12.1 Å². The fourth-order valence-corrected chi connectivity index (χ4v) is 3.63. The van der Waals surface area contributed by atoms with E-state index in [0.717, 1.165) is 29.2 Å². The van der Waals surface area contributed by atoms with Crippen LogP contribution in [0.2, 0.25) is 0 Å². The molecule has 0 spiro atoms. The van der Waals surface area contributed by atoms with Crippen LogP contribution in [0.5, 0.6) is 0 Å². The molecule has 1 heterocycles. The predicted molar refractivity (Wildman–Crippen MR) is 96.4 cm³/mol. The Kier molecular flexibility index (Phi) is 6.95. The molecule has 3 amide bonds. The Morgan fingerprint density at radius 1 is 1.11 bits per heavy atom. The summed E-state index contributed by atoms with van der Waals surface area (Å²) in [4.78, 5) is 45.1. The number of para-hydroxylation sites is 1. The number of hydrogen-bond acceptors (Lipinski definition) is 7. The topological polar surface area (TPSA) is 156 Å². The Balaban J connectivity index is 1.72. The molecular weight excluding hydrogens is 392 g/mol. The van der Waals surface area contributed by atoms with Crippen LogP contribution in [0.15, 0.2) is 41.3 Å². The summed E-state index contributed by atoms with van der Waals surface area (Å²) in [6.07, 6.45) is 2.43. The molecule has 28 heavy (non-hydrogen) atoms. The first-order chi connectivity index (χ1) is 13.2. The normalized spacial score (nSPS) is 13.8. The Morgan fingerprint density at radius 2 is 1.75 bits per heavy atom. The van der Waals surface area contributed by atoms with Crippen molar-refractivity contribution in [2.24, 2.45) is 0 Å². The number of nitro groups is 1. The number of rotatable bonds is 10. The number of carbonyl (C=O) groups excluding carboxylic acids is 3. The fraction of sp³-hybridized carbons (Fsp3) is 0.312. The molecule has 0 atom stereocenters. The van der Waals surface area contributed by atoms with E-state index in [-0.39, 0.29) is 32.5 Å². The predicted octanol–water partition coefficient (Wildman–Crippen LogP) is -0.305. The van der Waals surface area contributed by atoms with E-state index in [1.807, 2.05) is 0 Å². The van der Waals surface area contributed by atoms with E-state index in [4.69, 9.17) is 0 Å². The van der Waals surface area contributed by atoms with Gasteiger partial charge < -0.3 is 5.32 Å². The van der Waals surface area contributed by atoms with Crippen LogP contribution in [0.1, 0.15) is 12.8 Å². The van der Waals surface area contributed by atoms with Crippen molar-refractivity contribution >= 4 is 33.4 Å². The third-order valence-electron chi connectivity index (χ3n) is 3.78.